The van der Waals surface area contributed by atoms with E-state index in [1.807, 2.05) is 0 Å². The third-order valence-corrected chi connectivity index (χ3v) is 2.88. The Balaban J connectivity index is 3.04. The number of Topliss-reactive ketones (excluding diaryl/α,β-unsaturated/α-hetero) is 1. The molecule has 1 rings (SSSR count). The molecule has 8 heteroatoms. The van der Waals surface area contributed by atoms with Gasteiger partial charge in [0, 0.05) is 0 Å². The van der Waals surface area contributed by atoms with Crippen molar-refractivity contribution >= 4 is 23.4 Å². The number of hydrogen-bond donors (Lipinski definition) is 0. The van der Waals surface area contributed by atoms with E-state index in [9.17, 15) is 27.2 Å². The van der Waals surface area contributed by atoms with Crippen LogP contribution in [0.4, 0.5) is 17.6 Å². The molecule has 0 unspecified atom stereocenters. The molecule has 0 aliphatic heterocycles. The van der Waals surface area contributed by atoms with E-state index in [-0.39, 0.29) is 17.2 Å². The lowest BCUT2D eigenvalue weighted by Gasteiger charge is -2.16. The van der Waals surface area contributed by atoms with Crippen LogP contribution in [0.2, 0.25) is 5.02 Å². The maximum Gasteiger partial charge on any atom is 0.450 e. The predicted molar refractivity (Wildman–Crippen MR) is 66.3 cm³/mol. The molecule has 0 saturated carbocycles. The van der Waals surface area contributed by atoms with Crippen LogP contribution in [0.25, 0.3) is 0 Å². The zero-order chi connectivity index (χ0) is 16.2. The van der Waals surface area contributed by atoms with Crippen LogP contribution in [0.1, 0.15) is 12.5 Å². The first-order valence-electron chi connectivity index (χ1n) is 5.88. The van der Waals surface area contributed by atoms with Crippen molar-refractivity contribution in [1.29, 1.82) is 0 Å². The first-order valence-corrected chi connectivity index (χ1v) is 6.26. The van der Waals surface area contributed by atoms with Crippen LogP contribution < -0.4 is 0 Å². The van der Waals surface area contributed by atoms with E-state index in [0.29, 0.717) is 0 Å². The highest BCUT2D eigenvalue weighted by atomic mass is 35.5. The molecule has 0 bridgehead atoms. The second-order valence-electron chi connectivity index (χ2n) is 4.12. The lowest BCUT2D eigenvalue weighted by atomic mass is 9.95. The SMILES string of the molecule is CCOC(=O)[C@H](Cc1ccc(F)c(Cl)c1)C(=O)C(F)(F)F. The lowest BCUT2D eigenvalue weighted by molar-refractivity contribution is -0.180. The number of halogens is 5. The van der Waals surface area contributed by atoms with Crippen LogP contribution in [0.5, 0.6) is 0 Å². The molecule has 116 valence electrons. The number of rotatable bonds is 5. The Kier molecular flexibility index (Phi) is 5.71. The number of hydrogen-bond acceptors (Lipinski definition) is 3. The van der Waals surface area contributed by atoms with Crippen LogP contribution in [0.3, 0.4) is 0 Å². The summed E-state index contributed by atoms with van der Waals surface area (Å²) in [5.41, 5.74) is 0.122. The quantitative estimate of drug-likeness (QED) is 0.473. The Morgan fingerprint density at radius 3 is 2.43 bits per heavy atom. The summed E-state index contributed by atoms with van der Waals surface area (Å²) in [5.74, 6) is -6.27. The van der Waals surface area contributed by atoms with Gasteiger partial charge in [-0.05, 0) is 31.0 Å². The third-order valence-electron chi connectivity index (χ3n) is 2.59. The fourth-order valence-corrected chi connectivity index (χ4v) is 1.83. The third kappa shape index (κ3) is 4.70. The molecule has 3 nitrogen and oxygen atoms in total. The van der Waals surface area contributed by atoms with Gasteiger partial charge in [0.05, 0.1) is 11.6 Å². The maximum atomic E-state index is 13.0. The topological polar surface area (TPSA) is 43.4 Å². The summed E-state index contributed by atoms with van der Waals surface area (Å²) in [4.78, 5) is 22.8. The minimum Gasteiger partial charge on any atom is -0.465 e. The fourth-order valence-electron chi connectivity index (χ4n) is 1.63. The summed E-state index contributed by atoms with van der Waals surface area (Å²) in [6.07, 6.45) is -5.74. The van der Waals surface area contributed by atoms with E-state index in [2.05, 4.69) is 4.74 Å². The smallest absolute Gasteiger partial charge is 0.450 e. The van der Waals surface area contributed by atoms with Gasteiger partial charge >= 0.3 is 12.1 Å². The second kappa shape index (κ2) is 6.89. The van der Waals surface area contributed by atoms with Crippen LogP contribution in [0, 0.1) is 11.7 Å². The van der Waals surface area contributed by atoms with E-state index < -0.39 is 36.1 Å². The van der Waals surface area contributed by atoms with E-state index in [1.165, 1.54) is 6.92 Å². The summed E-state index contributed by atoms with van der Waals surface area (Å²) in [6.45, 7) is 1.24. The normalized spacial score (nSPS) is 12.9. The Morgan fingerprint density at radius 1 is 1.33 bits per heavy atom. The molecular formula is C13H11ClF4O3. The summed E-state index contributed by atoms with van der Waals surface area (Å²) in [7, 11) is 0. The van der Waals surface area contributed by atoms with Gasteiger partial charge in [-0.15, -0.1) is 0 Å². The largest absolute Gasteiger partial charge is 0.465 e. The highest BCUT2D eigenvalue weighted by Gasteiger charge is 2.46. The van der Waals surface area contributed by atoms with Gasteiger partial charge in [-0.3, -0.25) is 9.59 Å². The highest BCUT2D eigenvalue weighted by Crippen LogP contribution is 2.26. The summed E-state index contributed by atoms with van der Waals surface area (Å²) in [5, 5.41) is -0.311. The molecule has 1 aromatic carbocycles. The van der Waals surface area contributed by atoms with E-state index >= 15 is 0 Å². The van der Waals surface area contributed by atoms with Crippen molar-refractivity contribution in [2.45, 2.75) is 19.5 Å². The first kappa shape index (κ1) is 17.4. The molecule has 0 aliphatic carbocycles. The molecule has 0 fully saturated rings. The molecule has 0 N–H and O–H groups in total. The van der Waals surface area contributed by atoms with Gasteiger partial charge in [0.2, 0.25) is 0 Å². The number of esters is 1. The number of carbonyl (C=O) groups excluding carboxylic acids is 2. The van der Waals surface area contributed by atoms with Gasteiger partial charge in [-0.25, -0.2) is 4.39 Å². The van der Waals surface area contributed by atoms with Gasteiger partial charge in [-0.1, -0.05) is 17.7 Å². The van der Waals surface area contributed by atoms with Gasteiger partial charge in [0.1, 0.15) is 11.7 Å². The van der Waals surface area contributed by atoms with Crippen molar-refractivity contribution in [2.24, 2.45) is 5.92 Å². The summed E-state index contributed by atoms with van der Waals surface area (Å²) in [6, 6.07) is 3.15. The average Bonchev–Trinajstić information content (AvgIpc) is 2.38. The standard InChI is InChI=1S/C13H11ClF4O3/c1-2-21-12(20)8(11(19)13(16,17)18)5-7-3-4-10(15)9(14)6-7/h3-4,6,8H,2,5H2,1H3/t8-/m1/s1. The minimum atomic E-state index is -5.17. The average molecular weight is 327 g/mol. The zero-order valence-electron chi connectivity index (χ0n) is 10.8. The molecule has 0 spiro atoms. The fraction of sp³-hybridized carbons (Fsp3) is 0.385. The summed E-state index contributed by atoms with van der Waals surface area (Å²) >= 11 is 5.51. The number of benzene rings is 1. The van der Waals surface area contributed by atoms with Crippen LogP contribution in [-0.4, -0.2) is 24.5 Å². The van der Waals surface area contributed by atoms with Crippen LogP contribution in [0.15, 0.2) is 18.2 Å². The molecule has 0 aromatic heterocycles. The van der Waals surface area contributed by atoms with Gasteiger partial charge in [-0.2, -0.15) is 13.2 Å². The molecule has 0 heterocycles. The second-order valence-corrected chi connectivity index (χ2v) is 4.53. The van der Waals surface area contributed by atoms with E-state index in [1.54, 1.807) is 0 Å². The van der Waals surface area contributed by atoms with Crippen LogP contribution >= 0.6 is 11.6 Å². The number of ether oxygens (including phenoxy) is 1. The van der Waals surface area contributed by atoms with Crippen molar-refractivity contribution in [1.82, 2.24) is 0 Å². The molecule has 0 amide bonds. The molecule has 0 aliphatic rings. The predicted octanol–water partition coefficient (Wildman–Crippen LogP) is 3.33. The van der Waals surface area contributed by atoms with Gasteiger partial charge in [0.15, 0.2) is 0 Å². The molecule has 21 heavy (non-hydrogen) atoms. The van der Waals surface area contributed by atoms with Crippen molar-refractivity contribution in [3.8, 4) is 0 Å². The number of alkyl halides is 3. The Hall–Kier alpha value is -1.63. The Bertz CT molecular complexity index is 543. The van der Waals surface area contributed by atoms with E-state index in [0.717, 1.165) is 18.2 Å². The van der Waals surface area contributed by atoms with Gasteiger partial charge < -0.3 is 4.74 Å². The Morgan fingerprint density at radius 2 is 1.95 bits per heavy atom. The van der Waals surface area contributed by atoms with Crippen molar-refractivity contribution < 1.29 is 31.9 Å². The number of ketones is 1. The van der Waals surface area contributed by atoms with Crippen molar-refractivity contribution in [2.75, 3.05) is 6.61 Å². The molecule has 1 atom stereocenters. The molecular weight excluding hydrogens is 316 g/mol. The lowest BCUT2D eigenvalue weighted by Crippen LogP contribution is -2.37. The van der Waals surface area contributed by atoms with Crippen LogP contribution in [-0.2, 0) is 20.7 Å². The monoisotopic (exact) mass is 326 g/mol. The van der Waals surface area contributed by atoms with Crippen molar-refractivity contribution in [3.05, 3.63) is 34.6 Å². The molecule has 1 aromatic rings. The Labute approximate surface area is 122 Å². The van der Waals surface area contributed by atoms with Crippen molar-refractivity contribution in [3.63, 3.8) is 0 Å². The zero-order valence-corrected chi connectivity index (χ0v) is 11.6. The number of carbonyl (C=O) groups is 2. The van der Waals surface area contributed by atoms with E-state index in [4.69, 9.17) is 11.6 Å². The maximum absolute atomic E-state index is 13.0. The molecule has 0 saturated heterocycles. The van der Waals surface area contributed by atoms with Gasteiger partial charge in [0.25, 0.3) is 5.78 Å². The first-order chi connectivity index (χ1) is 9.66. The summed E-state index contributed by atoms with van der Waals surface area (Å²) < 4.78 is 55.0. The highest BCUT2D eigenvalue weighted by molar-refractivity contribution is 6.30. The molecule has 0 radical (unpaired) electrons. The minimum absolute atomic E-state index is 0.122.